The van der Waals surface area contributed by atoms with Crippen LogP contribution in [-0.4, -0.2) is 18.1 Å². The van der Waals surface area contributed by atoms with Gasteiger partial charge >= 0.3 is 0 Å². The van der Waals surface area contributed by atoms with Gasteiger partial charge in [-0.05, 0) is 36.1 Å². The second-order valence-corrected chi connectivity index (χ2v) is 8.95. The molecule has 0 saturated heterocycles. The predicted octanol–water partition coefficient (Wildman–Crippen LogP) is 4.81. The van der Waals surface area contributed by atoms with Crippen molar-refractivity contribution in [3.8, 4) is 5.75 Å². The van der Waals surface area contributed by atoms with E-state index in [2.05, 4.69) is 11.4 Å². The van der Waals surface area contributed by atoms with Crippen molar-refractivity contribution < 1.29 is 14.3 Å². The molecule has 1 N–H and O–H groups in total. The normalized spacial score (nSPS) is 16.4. The Bertz CT molecular complexity index is 842. The Morgan fingerprint density at radius 3 is 2.38 bits per heavy atom. The Hall–Kier alpha value is -2.46. The molecule has 4 heteroatoms. The third-order valence-corrected chi connectivity index (χ3v) is 5.72. The summed E-state index contributed by atoms with van der Waals surface area (Å²) in [5, 5.41) is 3.52. The second kappa shape index (κ2) is 8.91. The molecule has 29 heavy (non-hydrogen) atoms. The topological polar surface area (TPSA) is 55.4 Å². The standard InChI is InChI=1S/C25H31NO3/c1-24(2,3)23(28)17-26-25(14-12-21(27)13-15-25)20-10-7-11-22(16-20)29-18-19-8-5-4-6-9-19/h4-11,16,26H,12-15,17-18H2,1-3H3. The molecule has 0 spiro atoms. The van der Waals surface area contributed by atoms with Crippen molar-refractivity contribution in [1.29, 1.82) is 0 Å². The summed E-state index contributed by atoms with van der Waals surface area (Å²) in [6.45, 7) is 6.61. The molecule has 1 aliphatic carbocycles. The molecule has 0 aromatic heterocycles. The number of ketones is 2. The fourth-order valence-corrected chi connectivity index (χ4v) is 3.66. The SMILES string of the molecule is CC(C)(C)C(=O)CNC1(c2cccc(OCc3ccccc3)c2)CCC(=O)CC1. The van der Waals surface area contributed by atoms with Crippen molar-refractivity contribution in [3.05, 3.63) is 65.7 Å². The summed E-state index contributed by atoms with van der Waals surface area (Å²) < 4.78 is 6.01. The van der Waals surface area contributed by atoms with Crippen molar-refractivity contribution in [2.45, 2.75) is 58.6 Å². The molecule has 3 rings (SSSR count). The van der Waals surface area contributed by atoms with Gasteiger partial charge in [0.25, 0.3) is 0 Å². The molecule has 154 valence electrons. The lowest BCUT2D eigenvalue weighted by Crippen LogP contribution is -2.48. The van der Waals surface area contributed by atoms with Crippen LogP contribution in [-0.2, 0) is 21.7 Å². The highest BCUT2D eigenvalue weighted by atomic mass is 16.5. The van der Waals surface area contributed by atoms with Gasteiger partial charge in [-0.25, -0.2) is 0 Å². The number of carbonyl (C=O) groups is 2. The molecule has 1 aliphatic rings. The van der Waals surface area contributed by atoms with E-state index in [1.807, 2.05) is 69.3 Å². The van der Waals surface area contributed by atoms with Crippen LogP contribution in [0.5, 0.6) is 5.75 Å². The number of nitrogens with one attached hydrogen (secondary N) is 1. The van der Waals surface area contributed by atoms with Gasteiger partial charge in [0.15, 0.2) is 5.78 Å². The van der Waals surface area contributed by atoms with Crippen LogP contribution < -0.4 is 10.1 Å². The van der Waals surface area contributed by atoms with E-state index in [4.69, 9.17) is 4.74 Å². The molecule has 0 heterocycles. The van der Waals surface area contributed by atoms with Crippen molar-refractivity contribution in [2.75, 3.05) is 6.54 Å². The minimum absolute atomic E-state index is 0.172. The van der Waals surface area contributed by atoms with Crippen molar-refractivity contribution in [3.63, 3.8) is 0 Å². The van der Waals surface area contributed by atoms with Gasteiger partial charge in [-0.3, -0.25) is 9.59 Å². The summed E-state index contributed by atoms with van der Waals surface area (Å²) >= 11 is 0. The highest BCUT2D eigenvalue weighted by Crippen LogP contribution is 2.37. The van der Waals surface area contributed by atoms with Gasteiger partial charge in [-0.2, -0.15) is 0 Å². The minimum atomic E-state index is -0.390. The van der Waals surface area contributed by atoms with Crippen molar-refractivity contribution in [2.24, 2.45) is 5.41 Å². The molecule has 2 aromatic rings. The zero-order valence-electron chi connectivity index (χ0n) is 17.7. The first kappa shape index (κ1) is 21.3. The van der Waals surface area contributed by atoms with Crippen LogP contribution in [0.25, 0.3) is 0 Å². The van der Waals surface area contributed by atoms with Crippen LogP contribution >= 0.6 is 0 Å². The molecule has 0 atom stereocenters. The Morgan fingerprint density at radius 1 is 1.03 bits per heavy atom. The van der Waals surface area contributed by atoms with Crippen LogP contribution in [0.15, 0.2) is 54.6 Å². The molecule has 1 saturated carbocycles. The van der Waals surface area contributed by atoms with E-state index < -0.39 is 0 Å². The summed E-state index contributed by atoms with van der Waals surface area (Å²) in [6, 6.07) is 18.1. The lowest BCUT2D eigenvalue weighted by atomic mass is 9.75. The lowest BCUT2D eigenvalue weighted by Gasteiger charge is -2.39. The minimum Gasteiger partial charge on any atom is -0.489 e. The monoisotopic (exact) mass is 393 g/mol. The Kier molecular flexibility index (Phi) is 6.53. The van der Waals surface area contributed by atoms with E-state index in [0.717, 1.165) is 16.9 Å². The largest absolute Gasteiger partial charge is 0.489 e. The fourth-order valence-electron chi connectivity index (χ4n) is 3.66. The summed E-state index contributed by atoms with van der Waals surface area (Å²) in [7, 11) is 0. The first-order valence-corrected chi connectivity index (χ1v) is 10.4. The fraction of sp³-hybridized carbons (Fsp3) is 0.440. The molecule has 0 aliphatic heterocycles. The van der Waals surface area contributed by atoms with Gasteiger partial charge in [-0.1, -0.05) is 63.2 Å². The average molecular weight is 394 g/mol. The Labute approximate surface area is 173 Å². The molecule has 0 bridgehead atoms. The van der Waals surface area contributed by atoms with E-state index in [1.165, 1.54) is 0 Å². The number of benzene rings is 2. The van der Waals surface area contributed by atoms with Crippen LogP contribution in [0, 0.1) is 5.41 Å². The Morgan fingerprint density at radius 2 is 1.72 bits per heavy atom. The maximum atomic E-state index is 12.5. The third kappa shape index (κ3) is 5.54. The van der Waals surface area contributed by atoms with Crippen LogP contribution in [0.1, 0.15) is 57.6 Å². The number of rotatable bonds is 7. The van der Waals surface area contributed by atoms with E-state index in [0.29, 0.717) is 44.6 Å². The van der Waals surface area contributed by atoms with Crippen LogP contribution in [0.4, 0.5) is 0 Å². The van der Waals surface area contributed by atoms with Gasteiger partial charge in [0.2, 0.25) is 0 Å². The first-order chi connectivity index (χ1) is 13.8. The average Bonchev–Trinajstić information content (AvgIpc) is 2.72. The number of hydrogen-bond donors (Lipinski definition) is 1. The first-order valence-electron chi connectivity index (χ1n) is 10.4. The van der Waals surface area contributed by atoms with Crippen molar-refractivity contribution in [1.82, 2.24) is 5.32 Å². The van der Waals surface area contributed by atoms with Gasteiger partial charge in [0, 0.05) is 23.8 Å². The molecule has 2 aromatic carbocycles. The van der Waals surface area contributed by atoms with E-state index in [-0.39, 0.29) is 16.7 Å². The quantitative estimate of drug-likeness (QED) is 0.733. The predicted molar refractivity (Wildman–Crippen MR) is 115 cm³/mol. The maximum absolute atomic E-state index is 12.5. The summed E-state index contributed by atoms with van der Waals surface area (Å²) in [6.07, 6.45) is 2.47. The van der Waals surface area contributed by atoms with E-state index in [1.54, 1.807) is 0 Å². The van der Waals surface area contributed by atoms with Gasteiger partial charge in [-0.15, -0.1) is 0 Å². The number of hydrogen-bond acceptors (Lipinski definition) is 4. The number of carbonyl (C=O) groups excluding carboxylic acids is 2. The molecule has 4 nitrogen and oxygen atoms in total. The molecular formula is C25H31NO3. The highest BCUT2D eigenvalue weighted by molar-refractivity contribution is 5.85. The summed E-state index contributed by atoms with van der Waals surface area (Å²) in [5.41, 5.74) is 1.43. The summed E-state index contributed by atoms with van der Waals surface area (Å²) in [4.78, 5) is 24.4. The molecule has 0 unspecified atom stereocenters. The molecular weight excluding hydrogens is 362 g/mol. The second-order valence-electron chi connectivity index (χ2n) is 8.95. The third-order valence-electron chi connectivity index (χ3n) is 5.72. The van der Waals surface area contributed by atoms with Crippen molar-refractivity contribution >= 4 is 11.6 Å². The number of ether oxygens (including phenoxy) is 1. The van der Waals surface area contributed by atoms with Gasteiger partial charge in [0.05, 0.1) is 6.54 Å². The Balaban J connectivity index is 1.78. The molecule has 0 radical (unpaired) electrons. The lowest BCUT2D eigenvalue weighted by molar-refractivity contribution is -0.126. The van der Waals surface area contributed by atoms with E-state index in [9.17, 15) is 9.59 Å². The van der Waals surface area contributed by atoms with Gasteiger partial charge in [0.1, 0.15) is 18.1 Å². The maximum Gasteiger partial charge on any atom is 0.151 e. The smallest absolute Gasteiger partial charge is 0.151 e. The molecule has 1 fully saturated rings. The van der Waals surface area contributed by atoms with Crippen LogP contribution in [0.2, 0.25) is 0 Å². The van der Waals surface area contributed by atoms with Crippen LogP contribution in [0.3, 0.4) is 0 Å². The highest BCUT2D eigenvalue weighted by Gasteiger charge is 2.37. The van der Waals surface area contributed by atoms with Gasteiger partial charge < -0.3 is 10.1 Å². The van der Waals surface area contributed by atoms with E-state index >= 15 is 0 Å². The number of Topliss-reactive ketones (excluding diaryl/α,β-unsaturated/α-hetero) is 2. The zero-order valence-corrected chi connectivity index (χ0v) is 17.7. The zero-order chi connectivity index (χ0) is 20.9. The molecule has 0 amide bonds. The summed E-state index contributed by atoms with van der Waals surface area (Å²) in [5.74, 6) is 1.26.